The Morgan fingerprint density at radius 2 is 1.94 bits per heavy atom. The topological polar surface area (TPSA) is 52.6 Å². The van der Waals surface area contributed by atoms with Gasteiger partial charge in [0, 0.05) is 25.7 Å². The Labute approximate surface area is 104 Å². The molecule has 100 valence electrons. The fourth-order valence-electron chi connectivity index (χ4n) is 2.19. The highest BCUT2D eigenvalue weighted by atomic mass is 16.2. The number of hydrogen-bond donors (Lipinski definition) is 2. The van der Waals surface area contributed by atoms with Crippen LogP contribution < -0.4 is 5.32 Å². The first-order valence-electron chi connectivity index (χ1n) is 6.86. The largest absolute Gasteiger partial charge is 0.396 e. The fraction of sp³-hybridized carbons (Fsp3) is 0.923. The number of amides is 1. The molecule has 1 aliphatic heterocycles. The number of nitrogens with one attached hydrogen (secondary N) is 1. The van der Waals surface area contributed by atoms with E-state index in [0.29, 0.717) is 12.6 Å². The summed E-state index contributed by atoms with van der Waals surface area (Å²) in [7, 11) is 0. The Morgan fingerprint density at radius 3 is 2.53 bits per heavy atom. The summed E-state index contributed by atoms with van der Waals surface area (Å²) in [5.74, 6) is 0.225. The van der Waals surface area contributed by atoms with E-state index < -0.39 is 0 Å². The summed E-state index contributed by atoms with van der Waals surface area (Å²) in [4.78, 5) is 13.9. The van der Waals surface area contributed by atoms with Crippen LogP contribution in [0.15, 0.2) is 0 Å². The zero-order chi connectivity index (χ0) is 12.5. The Hall–Kier alpha value is -0.610. The molecule has 1 heterocycles. The highest BCUT2D eigenvalue weighted by molar-refractivity contribution is 5.78. The van der Waals surface area contributed by atoms with Crippen LogP contribution in [0.5, 0.6) is 0 Å². The van der Waals surface area contributed by atoms with E-state index in [-0.39, 0.29) is 12.5 Å². The first-order valence-corrected chi connectivity index (χ1v) is 6.86. The van der Waals surface area contributed by atoms with Crippen LogP contribution in [0.25, 0.3) is 0 Å². The number of aliphatic hydroxyl groups is 1. The summed E-state index contributed by atoms with van der Waals surface area (Å²) in [5.41, 5.74) is 0. The zero-order valence-electron chi connectivity index (χ0n) is 11.0. The Morgan fingerprint density at radius 1 is 1.29 bits per heavy atom. The number of carbonyl (C=O) groups is 1. The lowest BCUT2D eigenvalue weighted by Gasteiger charge is -2.22. The highest BCUT2D eigenvalue weighted by Gasteiger charge is 2.15. The molecule has 1 fully saturated rings. The van der Waals surface area contributed by atoms with E-state index in [1.54, 1.807) is 0 Å². The molecule has 0 saturated carbocycles. The van der Waals surface area contributed by atoms with E-state index in [9.17, 15) is 4.79 Å². The second-order valence-corrected chi connectivity index (χ2v) is 4.94. The number of rotatable bonds is 6. The predicted molar refractivity (Wildman–Crippen MR) is 68.8 cm³/mol. The summed E-state index contributed by atoms with van der Waals surface area (Å²) >= 11 is 0. The molecule has 0 radical (unpaired) electrons. The van der Waals surface area contributed by atoms with Gasteiger partial charge in [-0.1, -0.05) is 12.8 Å². The minimum Gasteiger partial charge on any atom is -0.396 e. The summed E-state index contributed by atoms with van der Waals surface area (Å²) in [5, 5.41) is 12.0. The van der Waals surface area contributed by atoms with E-state index in [0.717, 1.165) is 38.8 Å². The van der Waals surface area contributed by atoms with Crippen molar-refractivity contribution < 1.29 is 9.90 Å². The van der Waals surface area contributed by atoms with Gasteiger partial charge >= 0.3 is 0 Å². The molecule has 0 aromatic heterocycles. The summed E-state index contributed by atoms with van der Waals surface area (Å²) in [6.45, 7) is 4.57. The molecule has 1 amide bonds. The van der Waals surface area contributed by atoms with Gasteiger partial charge in [-0.3, -0.25) is 4.79 Å². The number of likely N-dealkylation sites (tertiary alicyclic amines) is 1. The molecular formula is C13H26N2O2. The smallest absolute Gasteiger partial charge is 0.236 e. The second kappa shape index (κ2) is 8.48. The summed E-state index contributed by atoms with van der Waals surface area (Å²) in [6, 6.07) is 0.304. The monoisotopic (exact) mass is 242 g/mol. The maximum atomic E-state index is 11.9. The Bertz CT molecular complexity index is 213. The van der Waals surface area contributed by atoms with Crippen LogP contribution in [0.1, 0.15) is 45.4 Å². The lowest BCUT2D eigenvalue weighted by Crippen LogP contribution is -2.41. The summed E-state index contributed by atoms with van der Waals surface area (Å²) in [6.07, 6.45) is 6.52. The summed E-state index contributed by atoms with van der Waals surface area (Å²) < 4.78 is 0. The van der Waals surface area contributed by atoms with E-state index in [2.05, 4.69) is 12.2 Å². The Kier molecular flexibility index (Phi) is 7.21. The molecule has 0 bridgehead atoms. The molecular weight excluding hydrogens is 216 g/mol. The van der Waals surface area contributed by atoms with E-state index in [4.69, 9.17) is 5.11 Å². The van der Waals surface area contributed by atoms with Crippen LogP contribution >= 0.6 is 0 Å². The third-order valence-corrected chi connectivity index (χ3v) is 3.36. The average Bonchev–Trinajstić information content (AvgIpc) is 2.62. The second-order valence-electron chi connectivity index (χ2n) is 4.94. The van der Waals surface area contributed by atoms with E-state index in [1.165, 1.54) is 12.8 Å². The third-order valence-electron chi connectivity index (χ3n) is 3.36. The lowest BCUT2D eigenvalue weighted by atomic mass is 10.2. The SMILES string of the molecule is CC(CCCO)NCC(=O)N1CCCCCC1. The van der Waals surface area contributed by atoms with Crippen LogP contribution in [0.2, 0.25) is 0 Å². The molecule has 2 N–H and O–H groups in total. The minimum atomic E-state index is 0.225. The molecule has 0 spiro atoms. The van der Waals surface area contributed by atoms with Crippen molar-refractivity contribution in [1.82, 2.24) is 10.2 Å². The van der Waals surface area contributed by atoms with E-state index in [1.807, 2.05) is 4.90 Å². The molecule has 0 aliphatic carbocycles. The van der Waals surface area contributed by atoms with Gasteiger partial charge in [-0.2, -0.15) is 0 Å². The normalized spacial score (nSPS) is 18.8. The van der Waals surface area contributed by atoms with Crippen molar-refractivity contribution in [1.29, 1.82) is 0 Å². The Balaban J connectivity index is 2.18. The molecule has 0 aromatic rings. The zero-order valence-corrected chi connectivity index (χ0v) is 11.0. The maximum absolute atomic E-state index is 11.9. The van der Waals surface area contributed by atoms with Crippen molar-refractivity contribution in [2.45, 2.75) is 51.5 Å². The number of carbonyl (C=O) groups excluding carboxylic acids is 1. The van der Waals surface area contributed by atoms with Crippen molar-refractivity contribution in [2.24, 2.45) is 0 Å². The first kappa shape index (κ1) is 14.5. The van der Waals surface area contributed by atoms with Crippen LogP contribution in [-0.2, 0) is 4.79 Å². The van der Waals surface area contributed by atoms with Crippen molar-refractivity contribution in [3.63, 3.8) is 0 Å². The molecule has 1 rings (SSSR count). The van der Waals surface area contributed by atoms with Gasteiger partial charge in [-0.05, 0) is 32.6 Å². The van der Waals surface area contributed by atoms with E-state index >= 15 is 0 Å². The molecule has 1 unspecified atom stereocenters. The third kappa shape index (κ3) is 6.03. The minimum absolute atomic E-state index is 0.225. The van der Waals surface area contributed by atoms with Crippen LogP contribution in [-0.4, -0.2) is 48.2 Å². The molecule has 1 atom stereocenters. The van der Waals surface area contributed by atoms with Crippen molar-refractivity contribution in [3.8, 4) is 0 Å². The predicted octanol–water partition coefficient (Wildman–Crippen LogP) is 1.14. The van der Waals surface area contributed by atoms with Gasteiger partial charge in [-0.25, -0.2) is 0 Å². The highest BCUT2D eigenvalue weighted by Crippen LogP contribution is 2.09. The van der Waals surface area contributed by atoms with Gasteiger partial charge in [0.1, 0.15) is 0 Å². The van der Waals surface area contributed by atoms with Gasteiger partial charge in [0.15, 0.2) is 0 Å². The molecule has 17 heavy (non-hydrogen) atoms. The fourth-order valence-corrected chi connectivity index (χ4v) is 2.19. The molecule has 1 saturated heterocycles. The molecule has 0 aromatic carbocycles. The van der Waals surface area contributed by atoms with Crippen LogP contribution in [0.4, 0.5) is 0 Å². The average molecular weight is 242 g/mol. The maximum Gasteiger partial charge on any atom is 0.236 e. The van der Waals surface area contributed by atoms with Gasteiger partial charge in [0.25, 0.3) is 0 Å². The van der Waals surface area contributed by atoms with Crippen LogP contribution in [0.3, 0.4) is 0 Å². The number of aliphatic hydroxyl groups excluding tert-OH is 1. The van der Waals surface area contributed by atoms with Crippen molar-refractivity contribution in [2.75, 3.05) is 26.2 Å². The van der Waals surface area contributed by atoms with Crippen molar-refractivity contribution >= 4 is 5.91 Å². The standard InChI is InChI=1S/C13H26N2O2/c1-12(7-6-10-16)14-11-13(17)15-8-4-2-3-5-9-15/h12,14,16H,2-11H2,1H3. The quantitative estimate of drug-likeness (QED) is 0.734. The molecule has 1 aliphatic rings. The number of hydrogen-bond acceptors (Lipinski definition) is 3. The number of nitrogens with zero attached hydrogens (tertiary/aromatic N) is 1. The van der Waals surface area contributed by atoms with Gasteiger partial charge in [-0.15, -0.1) is 0 Å². The first-order chi connectivity index (χ1) is 8.24. The van der Waals surface area contributed by atoms with Crippen LogP contribution in [0, 0.1) is 0 Å². The molecule has 4 nitrogen and oxygen atoms in total. The van der Waals surface area contributed by atoms with Crippen molar-refractivity contribution in [3.05, 3.63) is 0 Å². The lowest BCUT2D eigenvalue weighted by molar-refractivity contribution is -0.130. The van der Waals surface area contributed by atoms with Gasteiger partial charge < -0.3 is 15.3 Å². The van der Waals surface area contributed by atoms with Gasteiger partial charge in [0.05, 0.1) is 6.54 Å². The molecule has 4 heteroatoms. The van der Waals surface area contributed by atoms with Gasteiger partial charge in [0.2, 0.25) is 5.91 Å².